The van der Waals surface area contributed by atoms with Crippen molar-refractivity contribution in [3.8, 4) is 0 Å². The summed E-state index contributed by atoms with van der Waals surface area (Å²) in [7, 11) is 0. The molecule has 0 aliphatic carbocycles. The van der Waals surface area contributed by atoms with Crippen LogP contribution < -0.4 is 5.32 Å². The second kappa shape index (κ2) is 7.36. The largest absolute Gasteiger partial charge is 0.380 e. The van der Waals surface area contributed by atoms with Crippen LogP contribution in [0.25, 0.3) is 0 Å². The van der Waals surface area contributed by atoms with Gasteiger partial charge in [-0.05, 0) is 44.8 Å². The van der Waals surface area contributed by atoms with E-state index in [-0.39, 0.29) is 17.4 Å². The van der Waals surface area contributed by atoms with Gasteiger partial charge in [-0.25, -0.2) is 4.39 Å². The summed E-state index contributed by atoms with van der Waals surface area (Å²) < 4.78 is 13.8. The van der Waals surface area contributed by atoms with Crippen molar-refractivity contribution in [1.82, 2.24) is 4.90 Å². The number of hydrogen-bond donors (Lipinski definition) is 1. The van der Waals surface area contributed by atoms with Gasteiger partial charge in [-0.15, -0.1) is 0 Å². The minimum atomic E-state index is -0.499. The molecule has 0 amide bonds. The molecule has 0 bridgehead atoms. The fourth-order valence-electron chi connectivity index (χ4n) is 2.80. The molecule has 2 rings (SSSR count). The van der Waals surface area contributed by atoms with Crippen LogP contribution in [0, 0.1) is 15.9 Å². The molecular weight excluding hydrogens is 273 g/mol. The standard InChI is InChI=1S/C15H22FN3O2/c1-2-8-18-9-3-4-12(7-10-18)17-15-11-13(19(20)21)5-6-14(15)16/h5-6,11-12,17H,2-4,7-10H2,1H3. The number of nitrogens with zero attached hydrogens (tertiary/aromatic N) is 2. The summed E-state index contributed by atoms with van der Waals surface area (Å²) in [5, 5.41) is 13.9. The normalized spacial score (nSPS) is 20.0. The molecule has 1 aromatic carbocycles. The fourth-order valence-corrected chi connectivity index (χ4v) is 2.80. The number of nitro benzene ring substituents is 1. The first-order valence-corrected chi connectivity index (χ1v) is 7.53. The van der Waals surface area contributed by atoms with Crippen LogP contribution in [0.1, 0.15) is 32.6 Å². The van der Waals surface area contributed by atoms with Crippen molar-refractivity contribution >= 4 is 11.4 Å². The first kappa shape index (κ1) is 15.7. The maximum atomic E-state index is 13.8. The van der Waals surface area contributed by atoms with Gasteiger partial charge in [0.05, 0.1) is 10.6 Å². The van der Waals surface area contributed by atoms with Crippen LogP contribution in [0.15, 0.2) is 18.2 Å². The number of hydrogen-bond acceptors (Lipinski definition) is 4. The third-order valence-electron chi connectivity index (χ3n) is 3.88. The number of halogens is 1. The predicted octanol–water partition coefficient (Wildman–Crippen LogP) is 3.41. The maximum absolute atomic E-state index is 13.8. The van der Waals surface area contributed by atoms with Gasteiger partial charge in [-0.2, -0.15) is 0 Å². The van der Waals surface area contributed by atoms with E-state index in [1.54, 1.807) is 0 Å². The zero-order chi connectivity index (χ0) is 15.2. The summed E-state index contributed by atoms with van der Waals surface area (Å²) in [6.07, 6.45) is 4.09. The summed E-state index contributed by atoms with van der Waals surface area (Å²) in [6.45, 7) is 5.32. The summed E-state index contributed by atoms with van der Waals surface area (Å²) in [5.74, 6) is -0.435. The van der Waals surface area contributed by atoms with Gasteiger partial charge < -0.3 is 10.2 Å². The lowest BCUT2D eigenvalue weighted by atomic mass is 10.1. The third-order valence-corrected chi connectivity index (χ3v) is 3.88. The molecule has 1 aromatic rings. The molecule has 1 N–H and O–H groups in total. The average Bonchev–Trinajstić information content (AvgIpc) is 2.67. The van der Waals surface area contributed by atoms with E-state index in [2.05, 4.69) is 17.1 Å². The Kier molecular flexibility index (Phi) is 5.50. The van der Waals surface area contributed by atoms with Crippen molar-refractivity contribution in [3.05, 3.63) is 34.1 Å². The van der Waals surface area contributed by atoms with Gasteiger partial charge >= 0.3 is 0 Å². The number of benzene rings is 1. The number of non-ortho nitro benzene ring substituents is 1. The smallest absolute Gasteiger partial charge is 0.271 e. The SMILES string of the molecule is CCCN1CCCC(Nc2cc([N+](=O)[O-])ccc2F)CC1. The average molecular weight is 295 g/mol. The Bertz CT molecular complexity index is 496. The van der Waals surface area contributed by atoms with Crippen molar-refractivity contribution < 1.29 is 9.31 Å². The van der Waals surface area contributed by atoms with Crippen LogP contribution in [0.3, 0.4) is 0 Å². The van der Waals surface area contributed by atoms with E-state index in [1.807, 2.05) is 0 Å². The lowest BCUT2D eigenvalue weighted by Gasteiger charge is -2.20. The zero-order valence-electron chi connectivity index (χ0n) is 12.3. The number of anilines is 1. The van der Waals surface area contributed by atoms with E-state index in [0.29, 0.717) is 0 Å². The first-order valence-electron chi connectivity index (χ1n) is 7.53. The Morgan fingerprint density at radius 2 is 2.24 bits per heavy atom. The topological polar surface area (TPSA) is 58.4 Å². The minimum absolute atomic E-state index is 0.0832. The van der Waals surface area contributed by atoms with Crippen LogP contribution >= 0.6 is 0 Å². The molecule has 1 fully saturated rings. The van der Waals surface area contributed by atoms with Gasteiger partial charge in [0, 0.05) is 24.7 Å². The molecule has 1 aliphatic heterocycles. The highest BCUT2D eigenvalue weighted by molar-refractivity contribution is 5.52. The molecule has 116 valence electrons. The number of nitro groups is 1. The fraction of sp³-hybridized carbons (Fsp3) is 0.600. The maximum Gasteiger partial charge on any atom is 0.271 e. The van der Waals surface area contributed by atoms with E-state index in [1.165, 1.54) is 12.1 Å². The van der Waals surface area contributed by atoms with Gasteiger partial charge in [0.15, 0.2) is 0 Å². The molecule has 6 heteroatoms. The van der Waals surface area contributed by atoms with Crippen LogP contribution in [-0.4, -0.2) is 35.5 Å². The van der Waals surface area contributed by atoms with E-state index >= 15 is 0 Å². The monoisotopic (exact) mass is 295 g/mol. The van der Waals surface area contributed by atoms with E-state index in [0.717, 1.165) is 51.4 Å². The summed E-state index contributed by atoms with van der Waals surface area (Å²) in [6, 6.07) is 3.80. The molecule has 5 nitrogen and oxygen atoms in total. The van der Waals surface area contributed by atoms with E-state index in [4.69, 9.17) is 0 Å². The Labute approximate surface area is 124 Å². The highest BCUT2D eigenvalue weighted by Crippen LogP contribution is 2.24. The molecule has 1 unspecified atom stereocenters. The van der Waals surface area contributed by atoms with Crippen LogP contribution in [-0.2, 0) is 0 Å². The molecule has 0 saturated carbocycles. The quantitative estimate of drug-likeness (QED) is 0.668. The molecule has 1 aliphatic rings. The second-order valence-corrected chi connectivity index (χ2v) is 5.54. The van der Waals surface area contributed by atoms with E-state index in [9.17, 15) is 14.5 Å². The molecule has 21 heavy (non-hydrogen) atoms. The number of nitrogens with one attached hydrogen (secondary N) is 1. The Balaban J connectivity index is 2.01. The number of rotatable bonds is 5. The predicted molar refractivity (Wildman–Crippen MR) is 81.0 cm³/mol. The van der Waals surface area contributed by atoms with Gasteiger partial charge in [0.25, 0.3) is 5.69 Å². The van der Waals surface area contributed by atoms with Crippen molar-refractivity contribution in [2.24, 2.45) is 0 Å². The summed E-state index contributed by atoms with van der Waals surface area (Å²) in [4.78, 5) is 12.7. The van der Waals surface area contributed by atoms with Crippen LogP contribution in [0.4, 0.5) is 15.8 Å². The molecule has 1 atom stereocenters. The van der Waals surface area contributed by atoms with Crippen molar-refractivity contribution in [2.45, 2.75) is 38.6 Å². The van der Waals surface area contributed by atoms with Gasteiger partial charge in [0.2, 0.25) is 0 Å². The zero-order valence-corrected chi connectivity index (χ0v) is 12.3. The van der Waals surface area contributed by atoms with Gasteiger partial charge in [0.1, 0.15) is 5.82 Å². The Morgan fingerprint density at radius 3 is 2.95 bits per heavy atom. The van der Waals surface area contributed by atoms with Crippen molar-refractivity contribution in [1.29, 1.82) is 0 Å². The third kappa shape index (κ3) is 4.39. The van der Waals surface area contributed by atoms with Crippen LogP contribution in [0.2, 0.25) is 0 Å². The molecule has 0 radical (unpaired) electrons. The molecule has 0 aromatic heterocycles. The molecule has 0 spiro atoms. The first-order chi connectivity index (χ1) is 10.1. The van der Waals surface area contributed by atoms with Crippen molar-refractivity contribution in [3.63, 3.8) is 0 Å². The highest BCUT2D eigenvalue weighted by Gasteiger charge is 2.18. The lowest BCUT2D eigenvalue weighted by molar-refractivity contribution is -0.384. The molecule has 1 heterocycles. The summed E-state index contributed by atoms with van der Waals surface area (Å²) >= 11 is 0. The Hall–Kier alpha value is -1.69. The minimum Gasteiger partial charge on any atom is -0.380 e. The summed E-state index contributed by atoms with van der Waals surface area (Å²) in [5.41, 5.74) is 0.151. The van der Waals surface area contributed by atoms with Gasteiger partial charge in [-0.3, -0.25) is 10.1 Å². The van der Waals surface area contributed by atoms with Crippen LogP contribution in [0.5, 0.6) is 0 Å². The van der Waals surface area contributed by atoms with Gasteiger partial charge in [-0.1, -0.05) is 6.92 Å². The van der Waals surface area contributed by atoms with E-state index < -0.39 is 10.7 Å². The Morgan fingerprint density at radius 1 is 1.43 bits per heavy atom. The second-order valence-electron chi connectivity index (χ2n) is 5.54. The van der Waals surface area contributed by atoms with Crippen molar-refractivity contribution in [2.75, 3.05) is 25.0 Å². The molecular formula is C15H22FN3O2. The highest BCUT2D eigenvalue weighted by atomic mass is 19.1. The lowest BCUT2D eigenvalue weighted by Crippen LogP contribution is -2.27. The number of likely N-dealkylation sites (tertiary alicyclic amines) is 1. The molecule has 1 saturated heterocycles.